The number of anilines is 1. The van der Waals surface area contributed by atoms with Crippen molar-refractivity contribution in [2.45, 2.75) is 31.6 Å². The van der Waals surface area contributed by atoms with Crippen LogP contribution in [0.15, 0.2) is 47.9 Å². The Kier molecular flexibility index (Phi) is 9.17. The van der Waals surface area contributed by atoms with Crippen LogP contribution >= 0.6 is 0 Å². The van der Waals surface area contributed by atoms with E-state index in [1.165, 1.54) is 30.5 Å². The number of likely N-dealkylation sites (N-methyl/N-ethyl adjacent to an activating group) is 1. The van der Waals surface area contributed by atoms with Gasteiger partial charge in [-0.1, -0.05) is 18.2 Å². The standard InChI is InChI=1S/C15H24N4O2S.C9H9F/c1-3-6-18(2)7-4-5-13-12-16-15(20)14(17-13)19-8-10-22(21)11-9-19;10-9-5-3-8(4-6-9)7-1-2-7/h3,12H,1,4-11H2,2H3,(H,16,20);3-7H,1-2H2. The topological polar surface area (TPSA) is 69.3 Å². The molecule has 2 heterocycles. The van der Waals surface area contributed by atoms with E-state index in [0.29, 0.717) is 30.4 Å². The smallest absolute Gasteiger partial charge is 0.290 e. The van der Waals surface area contributed by atoms with Gasteiger partial charge in [0.15, 0.2) is 5.82 Å². The maximum absolute atomic E-state index is 12.4. The summed E-state index contributed by atoms with van der Waals surface area (Å²) in [5.74, 6) is 2.29. The van der Waals surface area contributed by atoms with Crippen molar-refractivity contribution < 1.29 is 8.60 Å². The molecule has 1 aromatic carbocycles. The molecule has 0 radical (unpaired) electrons. The number of rotatable bonds is 8. The summed E-state index contributed by atoms with van der Waals surface area (Å²) >= 11 is 0. The van der Waals surface area contributed by atoms with Gasteiger partial charge in [0.05, 0.1) is 5.69 Å². The molecule has 0 atom stereocenters. The van der Waals surface area contributed by atoms with Crippen molar-refractivity contribution in [3.8, 4) is 0 Å². The van der Waals surface area contributed by atoms with Crippen molar-refractivity contribution in [1.29, 1.82) is 0 Å². The molecule has 0 bridgehead atoms. The molecule has 2 aromatic rings. The fraction of sp³-hybridized carbons (Fsp3) is 0.500. The van der Waals surface area contributed by atoms with Gasteiger partial charge in [-0.3, -0.25) is 9.00 Å². The molecule has 1 aliphatic carbocycles. The van der Waals surface area contributed by atoms with E-state index in [9.17, 15) is 13.4 Å². The van der Waals surface area contributed by atoms with Gasteiger partial charge in [0.2, 0.25) is 0 Å². The van der Waals surface area contributed by atoms with Crippen LogP contribution < -0.4 is 10.5 Å². The van der Waals surface area contributed by atoms with Crippen molar-refractivity contribution in [2.24, 2.45) is 0 Å². The van der Waals surface area contributed by atoms with E-state index < -0.39 is 10.8 Å². The number of halogens is 1. The lowest BCUT2D eigenvalue weighted by Crippen LogP contribution is -2.41. The first kappa shape index (κ1) is 24.3. The van der Waals surface area contributed by atoms with Gasteiger partial charge in [0.1, 0.15) is 5.82 Å². The summed E-state index contributed by atoms with van der Waals surface area (Å²) in [6, 6.07) is 6.83. The van der Waals surface area contributed by atoms with Crippen LogP contribution in [0.3, 0.4) is 0 Å². The molecule has 1 saturated heterocycles. The average molecular weight is 461 g/mol. The molecule has 1 saturated carbocycles. The number of H-pyrrole nitrogens is 1. The molecule has 2 aliphatic rings. The molecule has 0 spiro atoms. The minimum atomic E-state index is -0.754. The second-order valence-corrected chi connectivity index (χ2v) is 10.1. The van der Waals surface area contributed by atoms with Crippen molar-refractivity contribution in [1.82, 2.24) is 14.9 Å². The van der Waals surface area contributed by atoms with Crippen LogP contribution in [0.2, 0.25) is 0 Å². The monoisotopic (exact) mass is 460 g/mol. The highest BCUT2D eigenvalue weighted by Gasteiger charge is 2.22. The Hall–Kier alpha value is -2.32. The van der Waals surface area contributed by atoms with E-state index in [-0.39, 0.29) is 11.4 Å². The van der Waals surface area contributed by atoms with E-state index >= 15 is 0 Å². The van der Waals surface area contributed by atoms with Crippen molar-refractivity contribution in [3.63, 3.8) is 0 Å². The van der Waals surface area contributed by atoms with Gasteiger partial charge in [-0.2, -0.15) is 0 Å². The molecule has 0 unspecified atom stereocenters. The first-order valence-electron chi connectivity index (χ1n) is 11.2. The van der Waals surface area contributed by atoms with Crippen LogP contribution in [-0.4, -0.2) is 63.8 Å². The third-order valence-electron chi connectivity index (χ3n) is 5.63. The second-order valence-electron chi connectivity index (χ2n) is 8.36. The number of nitrogens with one attached hydrogen (secondary N) is 1. The van der Waals surface area contributed by atoms with Crippen LogP contribution in [0.1, 0.15) is 36.4 Å². The first-order chi connectivity index (χ1) is 15.5. The molecule has 6 nitrogen and oxygen atoms in total. The molecule has 8 heteroatoms. The van der Waals surface area contributed by atoms with E-state index in [1.807, 2.05) is 23.1 Å². The molecule has 2 fully saturated rings. The second kappa shape index (κ2) is 12.1. The lowest BCUT2D eigenvalue weighted by Gasteiger charge is -2.26. The molecular formula is C24H33FN4O2S. The summed E-state index contributed by atoms with van der Waals surface area (Å²) in [5, 5.41) is 0. The molecule has 0 amide bonds. The van der Waals surface area contributed by atoms with Crippen molar-refractivity contribution >= 4 is 16.6 Å². The van der Waals surface area contributed by atoms with Gasteiger partial charge < -0.3 is 14.8 Å². The summed E-state index contributed by atoms with van der Waals surface area (Å²) < 4.78 is 23.8. The van der Waals surface area contributed by atoms with Gasteiger partial charge in [0, 0.05) is 48.1 Å². The number of benzene rings is 1. The minimum Gasteiger partial charge on any atom is -0.350 e. The molecule has 174 valence electrons. The number of aromatic amines is 1. The van der Waals surface area contributed by atoms with Gasteiger partial charge >= 0.3 is 0 Å². The third-order valence-corrected chi connectivity index (χ3v) is 6.91. The Labute approximate surface area is 192 Å². The van der Waals surface area contributed by atoms with Gasteiger partial charge in [-0.05, 0) is 62.9 Å². The molecule has 1 aromatic heterocycles. The molecule has 4 rings (SSSR count). The number of hydrogen-bond donors (Lipinski definition) is 1. The van der Waals surface area contributed by atoms with Crippen LogP contribution in [-0.2, 0) is 17.2 Å². The summed E-state index contributed by atoms with van der Waals surface area (Å²) in [6.45, 7) is 6.82. The average Bonchev–Trinajstić information content (AvgIpc) is 3.62. The predicted octanol–water partition coefficient (Wildman–Crippen LogP) is 3.09. The maximum Gasteiger partial charge on any atom is 0.290 e. The molecule has 1 N–H and O–H groups in total. The molecule has 32 heavy (non-hydrogen) atoms. The lowest BCUT2D eigenvalue weighted by molar-refractivity contribution is 0.363. The highest BCUT2D eigenvalue weighted by atomic mass is 32.2. The van der Waals surface area contributed by atoms with Gasteiger partial charge in [-0.15, -0.1) is 6.58 Å². The maximum atomic E-state index is 12.4. The Morgan fingerprint density at radius 2 is 1.97 bits per heavy atom. The van der Waals surface area contributed by atoms with E-state index in [4.69, 9.17) is 0 Å². The highest BCUT2D eigenvalue weighted by Crippen LogP contribution is 2.39. The zero-order valence-electron chi connectivity index (χ0n) is 18.8. The Morgan fingerprint density at radius 1 is 1.28 bits per heavy atom. The fourth-order valence-corrected chi connectivity index (χ4v) is 4.67. The third kappa shape index (κ3) is 7.67. The lowest BCUT2D eigenvalue weighted by atomic mass is 10.1. The van der Waals surface area contributed by atoms with E-state index in [1.54, 1.807) is 6.20 Å². The molecule has 1 aliphatic heterocycles. The Bertz CT molecular complexity index is 949. The first-order valence-corrected chi connectivity index (χ1v) is 12.7. The number of nitrogens with zero attached hydrogens (tertiary/aromatic N) is 3. The van der Waals surface area contributed by atoms with Crippen molar-refractivity contribution in [2.75, 3.05) is 49.6 Å². The fourth-order valence-electron chi connectivity index (χ4n) is 3.62. The summed E-state index contributed by atoms with van der Waals surface area (Å²) in [4.78, 5) is 23.4. The van der Waals surface area contributed by atoms with E-state index in [0.717, 1.165) is 37.5 Å². The molecular weight excluding hydrogens is 427 g/mol. The van der Waals surface area contributed by atoms with Crippen molar-refractivity contribution in [3.05, 3.63) is 70.5 Å². The normalized spacial score (nSPS) is 16.5. The van der Waals surface area contributed by atoms with Crippen LogP contribution in [0.25, 0.3) is 0 Å². The predicted molar refractivity (Wildman–Crippen MR) is 129 cm³/mol. The largest absolute Gasteiger partial charge is 0.350 e. The number of aryl methyl sites for hydroxylation is 1. The number of hydrogen-bond acceptors (Lipinski definition) is 5. The van der Waals surface area contributed by atoms with E-state index in [2.05, 4.69) is 28.5 Å². The number of aromatic nitrogens is 2. The zero-order chi connectivity index (χ0) is 22.9. The van der Waals surface area contributed by atoms with Crippen LogP contribution in [0.5, 0.6) is 0 Å². The zero-order valence-corrected chi connectivity index (χ0v) is 19.6. The van der Waals surface area contributed by atoms with Gasteiger partial charge in [0.25, 0.3) is 5.56 Å². The summed E-state index contributed by atoms with van der Waals surface area (Å²) in [7, 11) is 1.30. The summed E-state index contributed by atoms with van der Waals surface area (Å²) in [6.07, 6.45) is 7.95. The minimum absolute atomic E-state index is 0.135. The quantitative estimate of drug-likeness (QED) is 0.613. The SMILES string of the molecule is C=CCN(C)CCCc1c[nH]c(=O)c(N2CCS(=O)CC2)n1.Fc1ccc(C2CC2)cc1. The van der Waals surface area contributed by atoms with Crippen LogP contribution in [0.4, 0.5) is 10.2 Å². The Balaban J connectivity index is 0.000000238. The van der Waals surface area contributed by atoms with Gasteiger partial charge in [-0.25, -0.2) is 9.37 Å². The Morgan fingerprint density at radius 3 is 2.59 bits per heavy atom. The summed E-state index contributed by atoms with van der Waals surface area (Å²) in [5.41, 5.74) is 2.02. The highest BCUT2D eigenvalue weighted by molar-refractivity contribution is 7.85. The van der Waals surface area contributed by atoms with Crippen LogP contribution in [0, 0.1) is 5.82 Å².